The summed E-state index contributed by atoms with van der Waals surface area (Å²) in [7, 11) is 1.58. The molecule has 3 atom stereocenters. The highest BCUT2D eigenvalue weighted by Crippen LogP contribution is 2.37. The van der Waals surface area contributed by atoms with Crippen LogP contribution in [0.4, 0.5) is 22.4 Å². The summed E-state index contributed by atoms with van der Waals surface area (Å²) >= 11 is 0. The average molecular weight is 430 g/mol. The molecule has 2 bridgehead atoms. The summed E-state index contributed by atoms with van der Waals surface area (Å²) < 4.78 is 11.0. The molecule has 31 heavy (non-hydrogen) atoms. The van der Waals surface area contributed by atoms with Crippen LogP contribution in [0.3, 0.4) is 0 Å². The summed E-state index contributed by atoms with van der Waals surface area (Å²) in [4.78, 5) is 23.6. The number of H-pyrrole nitrogens is 1. The van der Waals surface area contributed by atoms with Crippen molar-refractivity contribution in [2.75, 3.05) is 17.7 Å². The number of hydrogen-bond donors (Lipinski definition) is 3. The largest absolute Gasteiger partial charge is 0.481 e. The fraction of sp³-hybridized carbons (Fsp3) is 0.619. The molecule has 2 aliphatic heterocycles. The second kappa shape index (κ2) is 8.24. The number of fused-ring (bicyclic) bond motifs is 2. The number of aromatic nitrogens is 4. The van der Waals surface area contributed by atoms with Crippen LogP contribution in [-0.2, 0) is 4.74 Å². The lowest BCUT2D eigenvalue weighted by molar-refractivity contribution is 0.00682. The SMILES string of the molecule is COc1cc(Nc2cc(C)[nH]n2)nc(N[C@@H]2C[C@H]3CC[C@@H](C2)N3C(=O)OC(C)(C)C)n1. The van der Waals surface area contributed by atoms with E-state index in [-0.39, 0.29) is 24.2 Å². The van der Waals surface area contributed by atoms with Gasteiger partial charge in [-0.25, -0.2) is 4.79 Å². The molecule has 0 saturated carbocycles. The van der Waals surface area contributed by atoms with E-state index in [2.05, 4.69) is 30.8 Å². The predicted molar refractivity (Wildman–Crippen MR) is 117 cm³/mol. The summed E-state index contributed by atoms with van der Waals surface area (Å²) in [5.41, 5.74) is 0.463. The summed E-state index contributed by atoms with van der Waals surface area (Å²) in [6.45, 7) is 7.63. The molecule has 0 aromatic carbocycles. The zero-order valence-electron chi connectivity index (χ0n) is 18.7. The summed E-state index contributed by atoms with van der Waals surface area (Å²) in [5, 5.41) is 13.7. The molecule has 4 heterocycles. The molecule has 2 aromatic heterocycles. The van der Waals surface area contributed by atoms with E-state index in [1.807, 2.05) is 38.7 Å². The second-order valence-corrected chi connectivity index (χ2v) is 9.27. The Morgan fingerprint density at radius 1 is 1.16 bits per heavy atom. The van der Waals surface area contributed by atoms with Crippen molar-refractivity contribution in [1.29, 1.82) is 0 Å². The zero-order chi connectivity index (χ0) is 22.2. The molecular formula is C21H31N7O3. The average Bonchev–Trinajstić information content (AvgIpc) is 3.20. The van der Waals surface area contributed by atoms with Crippen molar-refractivity contribution in [2.45, 2.75) is 77.1 Å². The minimum Gasteiger partial charge on any atom is -0.481 e. The predicted octanol–water partition coefficient (Wildman–Crippen LogP) is 3.60. The quantitative estimate of drug-likeness (QED) is 0.660. The smallest absolute Gasteiger partial charge is 0.410 e. The van der Waals surface area contributed by atoms with Crippen molar-refractivity contribution in [3.8, 4) is 5.88 Å². The van der Waals surface area contributed by atoms with E-state index < -0.39 is 5.60 Å². The van der Waals surface area contributed by atoms with Gasteiger partial charge in [0.2, 0.25) is 11.8 Å². The molecule has 2 aromatic rings. The normalized spacial score (nSPS) is 22.9. The maximum Gasteiger partial charge on any atom is 0.410 e. The molecule has 2 fully saturated rings. The van der Waals surface area contributed by atoms with Crippen molar-refractivity contribution in [3.63, 3.8) is 0 Å². The van der Waals surface area contributed by atoms with Crippen LogP contribution in [0.25, 0.3) is 0 Å². The Balaban J connectivity index is 1.44. The highest BCUT2D eigenvalue weighted by atomic mass is 16.6. The van der Waals surface area contributed by atoms with E-state index in [1.54, 1.807) is 13.2 Å². The van der Waals surface area contributed by atoms with E-state index in [0.29, 0.717) is 23.5 Å². The van der Waals surface area contributed by atoms with Gasteiger partial charge in [-0.1, -0.05) is 0 Å². The molecule has 10 nitrogen and oxygen atoms in total. The van der Waals surface area contributed by atoms with E-state index in [4.69, 9.17) is 9.47 Å². The Labute approximate surface area is 182 Å². The highest BCUT2D eigenvalue weighted by Gasteiger charge is 2.45. The Hall–Kier alpha value is -3.04. The molecule has 1 amide bonds. The summed E-state index contributed by atoms with van der Waals surface area (Å²) in [5.74, 6) is 2.22. The van der Waals surface area contributed by atoms with E-state index in [1.165, 1.54) is 0 Å². The van der Waals surface area contributed by atoms with Gasteiger partial charge in [0.05, 0.1) is 7.11 Å². The minimum absolute atomic E-state index is 0.168. The van der Waals surface area contributed by atoms with Crippen molar-refractivity contribution in [1.82, 2.24) is 25.1 Å². The van der Waals surface area contributed by atoms with Gasteiger partial charge in [0.15, 0.2) is 5.82 Å². The zero-order valence-corrected chi connectivity index (χ0v) is 18.7. The lowest BCUT2D eigenvalue weighted by Gasteiger charge is -2.39. The van der Waals surface area contributed by atoms with Crippen molar-refractivity contribution < 1.29 is 14.3 Å². The van der Waals surface area contributed by atoms with Crippen LogP contribution in [0.15, 0.2) is 12.1 Å². The number of anilines is 3. The Morgan fingerprint density at radius 2 is 1.87 bits per heavy atom. The fourth-order valence-electron chi connectivity index (χ4n) is 4.36. The Bertz CT molecular complexity index is 925. The fourth-order valence-corrected chi connectivity index (χ4v) is 4.36. The first-order valence-corrected chi connectivity index (χ1v) is 10.7. The van der Waals surface area contributed by atoms with Gasteiger partial charge in [0, 0.05) is 36.0 Å². The third-order valence-electron chi connectivity index (χ3n) is 5.54. The third kappa shape index (κ3) is 5.00. The number of aromatic amines is 1. The number of ether oxygens (including phenoxy) is 2. The molecular weight excluding hydrogens is 398 g/mol. The monoisotopic (exact) mass is 429 g/mol. The van der Waals surface area contributed by atoms with Gasteiger partial charge >= 0.3 is 6.09 Å². The number of rotatable bonds is 5. The number of nitrogens with one attached hydrogen (secondary N) is 3. The molecule has 0 aliphatic carbocycles. The number of aryl methyl sites for hydroxylation is 1. The molecule has 0 spiro atoms. The van der Waals surface area contributed by atoms with Gasteiger partial charge in [-0.3, -0.25) is 5.10 Å². The number of nitrogens with zero attached hydrogens (tertiary/aromatic N) is 4. The standard InChI is InChI=1S/C21H31N7O3/c1-12-8-17(27-26-12)23-16-11-18(30-5)25-19(24-16)22-13-9-14-6-7-15(10-13)28(14)20(29)31-21(2,3)4/h8,11,13-15H,6-7,9-10H2,1-5H3,(H3,22,23,24,25,26,27)/t13-,14-,15+. The number of methoxy groups -OCH3 is 1. The maximum absolute atomic E-state index is 12.7. The molecule has 10 heteroatoms. The molecule has 4 rings (SSSR count). The molecule has 3 N–H and O–H groups in total. The van der Waals surface area contributed by atoms with Gasteiger partial charge in [0.1, 0.15) is 11.4 Å². The first-order chi connectivity index (χ1) is 14.7. The third-order valence-corrected chi connectivity index (χ3v) is 5.54. The lowest BCUT2D eigenvalue weighted by Crippen LogP contribution is -2.51. The number of carbonyl (C=O) groups excluding carboxylic acids is 1. The molecule has 0 radical (unpaired) electrons. The van der Waals surface area contributed by atoms with Crippen LogP contribution < -0.4 is 15.4 Å². The van der Waals surface area contributed by atoms with Gasteiger partial charge in [-0.2, -0.15) is 15.1 Å². The Morgan fingerprint density at radius 3 is 2.45 bits per heavy atom. The topological polar surface area (TPSA) is 117 Å². The molecule has 0 unspecified atom stereocenters. The maximum atomic E-state index is 12.7. The first kappa shape index (κ1) is 21.2. The summed E-state index contributed by atoms with van der Waals surface area (Å²) in [6.07, 6.45) is 3.44. The van der Waals surface area contributed by atoms with Crippen molar-refractivity contribution in [3.05, 3.63) is 17.8 Å². The summed E-state index contributed by atoms with van der Waals surface area (Å²) in [6, 6.07) is 4.13. The van der Waals surface area contributed by atoms with Crippen LogP contribution in [0.5, 0.6) is 5.88 Å². The second-order valence-electron chi connectivity index (χ2n) is 9.27. The highest BCUT2D eigenvalue weighted by molar-refractivity contribution is 5.69. The number of hydrogen-bond acceptors (Lipinski definition) is 8. The van der Waals surface area contributed by atoms with Crippen molar-refractivity contribution in [2.24, 2.45) is 0 Å². The van der Waals surface area contributed by atoms with Crippen LogP contribution in [0, 0.1) is 6.92 Å². The van der Waals surface area contributed by atoms with Crippen LogP contribution in [0.2, 0.25) is 0 Å². The van der Waals surface area contributed by atoms with Gasteiger partial charge < -0.3 is 25.0 Å². The first-order valence-electron chi connectivity index (χ1n) is 10.7. The van der Waals surface area contributed by atoms with Gasteiger partial charge in [0.25, 0.3) is 0 Å². The van der Waals surface area contributed by atoms with Crippen LogP contribution in [0.1, 0.15) is 52.1 Å². The molecule has 168 valence electrons. The van der Waals surface area contributed by atoms with Gasteiger partial charge in [-0.05, 0) is 53.4 Å². The Kier molecular flexibility index (Phi) is 5.63. The minimum atomic E-state index is -0.490. The molecule has 2 aliphatic rings. The van der Waals surface area contributed by atoms with Crippen LogP contribution >= 0.6 is 0 Å². The number of amides is 1. The van der Waals surface area contributed by atoms with Crippen LogP contribution in [-0.4, -0.2) is 62.0 Å². The lowest BCUT2D eigenvalue weighted by atomic mass is 9.98. The van der Waals surface area contributed by atoms with E-state index >= 15 is 0 Å². The number of piperidine rings is 1. The van der Waals surface area contributed by atoms with E-state index in [0.717, 1.165) is 31.4 Å². The van der Waals surface area contributed by atoms with Crippen molar-refractivity contribution >= 4 is 23.7 Å². The number of carbonyl (C=O) groups is 1. The van der Waals surface area contributed by atoms with Gasteiger partial charge in [-0.15, -0.1) is 0 Å². The molecule has 2 saturated heterocycles. The van der Waals surface area contributed by atoms with E-state index in [9.17, 15) is 4.79 Å².